The van der Waals surface area contributed by atoms with Gasteiger partial charge in [0.2, 0.25) is 0 Å². The first-order valence-corrected chi connectivity index (χ1v) is 6.84. The number of carbonyl (C=O) groups is 1. The summed E-state index contributed by atoms with van der Waals surface area (Å²) in [6, 6.07) is 13.9. The molecular formula is C18H20O2. The summed E-state index contributed by atoms with van der Waals surface area (Å²) in [4.78, 5) is 12.4. The highest BCUT2D eigenvalue weighted by Gasteiger charge is 2.15. The van der Waals surface area contributed by atoms with Crippen LogP contribution < -0.4 is 4.74 Å². The molecule has 0 amide bonds. The highest BCUT2D eigenvalue weighted by Crippen LogP contribution is 2.27. The second-order valence-electron chi connectivity index (χ2n) is 5.00. The number of rotatable bonds is 5. The van der Waals surface area contributed by atoms with Crippen molar-refractivity contribution >= 4 is 5.78 Å². The number of hydrogen-bond donors (Lipinski definition) is 0. The molecule has 0 heterocycles. The topological polar surface area (TPSA) is 26.3 Å². The molecule has 2 rings (SSSR count). The van der Waals surface area contributed by atoms with Crippen LogP contribution in [0, 0.1) is 13.8 Å². The summed E-state index contributed by atoms with van der Waals surface area (Å²) in [5.74, 6) is 0.844. The van der Waals surface area contributed by atoms with Gasteiger partial charge in [0, 0.05) is 6.42 Å². The molecule has 2 heteroatoms. The molecule has 2 aromatic rings. The van der Waals surface area contributed by atoms with Crippen molar-refractivity contribution in [2.75, 3.05) is 7.11 Å². The van der Waals surface area contributed by atoms with Gasteiger partial charge in [0.05, 0.1) is 12.7 Å². The average molecular weight is 268 g/mol. The van der Waals surface area contributed by atoms with E-state index in [-0.39, 0.29) is 5.78 Å². The number of methoxy groups -OCH3 is 1. The predicted octanol–water partition coefficient (Wildman–Crippen LogP) is 4.13. The van der Waals surface area contributed by atoms with Gasteiger partial charge in [-0.25, -0.2) is 0 Å². The first kappa shape index (κ1) is 14.3. The van der Waals surface area contributed by atoms with Crippen LogP contribution in [-0.2, 0) is 6.42 Å². The Balaban J connectivity index is 2.16. The van der Waals surface area contributed by atoms with Crippen LogP contribution >= 0.6 is 0 Å². The van der Waals surface area contributed by atoms with Crippen molar-refractivity contribution in [3.05, 3.63) is 64.7 Å². The molecule has 0 unspecified atom stereocenters. The molecule has 0 bridgehead atoms. The van der Waals surface area contributed by atoms with Gasteiger partial charge in [-0.15, -0.1) is 0 Å². The predicted molar refractivity (Wildman–Crippen MR) is 81.6 cm³/mol. The van der Waals surface area contributed by atoms with Gasteiger partial charge >= 0.3 is 0 Å². The van der Waals surface area contributed by atoms with Gasteiger partial charge < -0.3 is 4.74 Å². The largest absolute Gasteiger partial charge is 0.496 e. The molecular weight excluding hydrogens is 248 g/mol. The van der Waals surface area contributed by atoms with E-state index in [1.165, 1.54) is 5.56 Å². The van der Waals surface area contributed by atoms with Gasteiger partial charge in [-0.3, -0.25) is 4.79 Å². The summed E-state index contributed by atoms with van der Waals surface area (Å²) in [5.41, 5.74) is 4.05. The first-order chi connectivity index (χ1) is 9.63. The fourth-order valence-electron chi connectivity index (χ4n) is 2.31. The van der Waals surface area contributed by atoms with Gasteiger partial charge in [0.1, 0.15) is 5.75 Å². The lowest BCUT2D eigenvalue weighted by Crippen LogP contribution is -2.05. The lowest BCUT2D eigenvalue weighted by atomic mass is 9.98. The zero-order chi connectivity index (χ0) is 14.5. The summed E-state index contributed by atoms with van der Waals surface area (Å²) in [6.07, 6.45) is 1.26. The van der Waals surface area contributed by atoms with E-state index in [9.17, 15) is 4.79 Å². The summed E-state index contributed by atoms with van der Waals surface area (Å²) < 4.78 is 5.41. The van der Waals surface area contributed by atoms with E-state index in [0.29, 0.717) is 17.7 Å². The zero-order valence-corrected chi connectivity index (χ0v) is 12.3. The molecule has 0 fully saturated rings. The van der Waals surface area contributed by atoms with E-state index in [0.717, 1.165) is 17.5 Å². The molecule has 0 aromatic heterocycles. The molecule has 2 aromatic carbocycles. The Bertz CT molecular complexity index is 600. The maximum atomic E-state index is 12.4. The Kier molecular flexibility index (Phi) is 4.57. The van der Waals surface area contributed by atoms with Crippen LogP contribution in [0.3, 0.4) is 0 Å². The molecule has 0 radical (unpaired) electrons. The molecule has 0 spiro atoms. The highest BCUT2D eigenvalue weighted by atomic mass is 16.5. The third-order valence-electron chi connectivity index (χ3n) is 3.66. The number of Topliss-reactive ketones (excluding diaryl/α,β-unsaturated/α-hetero) is 1. The lowest BCUT2D eigenvalue weighted by molar-refractivity contribution is 0.0979. The van der Waals surface area contributed by atoms with Gasteiger partial charge in [0.25, 0.3) is 0 Å². The molecule has 0 aliphatic rings. The van der Waals surface area contributed by atoms with Crippen LogP contribution in [0.5, 0.6) is 5.75 Å². The SMILES string of the molecule is COc1c(C(=O)CCc2ccccc2)ccc(C)c1C. The fourth-order valence-corrected chi connectivity index (χ4v) is 2.31. The standard InChI is InChI=1S/C18H20O2/c1-13-9-11-16(18(20-3)14(13)2)17(19)12-10-15-7-5-4-6-8-15/h4-9,11H,10,12H2,1-3H3. The number of hydrogen-bond acceptors (Lipinski definition) is 2. The smallest absolute Gasteiger partial charge is 0.166 e. The van der Waals surface area contributed by atoms with Gasteiger partial charge in [-0.05, 0) is 43.0 Å². The Morgan fingerprint density at radius 3 is 2.40 bits per heavy atom. The third kappa shape index (κ3) is 3.08. The Morgan fingerprint density at radius 2 is 1.75 bits per heavy atom. The second-order valence-corrected chi connectivity index (χ2v) is 5.00. The third-order valence-corrected chi connectivity index (χ3v) is 3.66. The number of ketones is 1. The highest BCUT2D eigenvalue weighted by molar-refractivity contribution is 5.99. The van der Waals surface area contributed by atoms with Crippen molar-refractivity contribution in [2.45, 2.75) is 26.7 Å². The fraction of sp³-hybridized carbons (Fsp3) is 0.278. The lowest BCUT2D eigenvalue weighted by Gasteiger charge is -2.12. The number of ether oxygens (including phenoxy) is 1. The van der Waals surface area contributed by atoms with E-state index in [1.54, 1.807) is 7.11 Å². The summed E-state index contributed by atoms with van der Waals surface area (Å²) in [6.45, 7) is 4.01. The van der Waals surface area contributed by atoms with Crippen LogP contribution in [0.25, 0.3) is 0 Å². The second kappa shape index (κ2) is 6.38. The molecule has 0 aliphatic heterocycles. The van der Waals surface area contributed by atoms with Crippen molar-refractivity contribution in [3.63, 3.8) is 0 Å². The minimum Gasteiger partial charge on any atom is -0.496 e. The van der Waals surface area contributed by atoms with Crippen LogP contribution in [0.1, 0.15) is 33.5 Å². The maximum Gasteiger partial charge on any atom is 0.166 e. The molecule has 104 valence electrons. The Morgan fingerprint density at radius 1 is 1.05 bits per heavy atom. The van der Waals surface area contributed by atoms with E-state index >= 15 is 0 Å². The van der Waals surface area contributed by atoms with Crippen molar-refractivity contribution in [1.82, 2.24) is 0 Å². The van der Waals surface area contributed by atoms with E-state index in [2.05, 4.69) is 0 Å². The molecule has 0 saturated heterocycles. The first-order valence-electron chi connectivity index (χ1n) is 6.84. The van der Waals surface area contributed by atoms with Crippen LogP contribution in [0.2, 0.25) is 0 Å². The Hall–Kier alpha value is -2.09. The van der Waals surface area contributed by atoms with Crippen molar-refractivity contribution < 1.29 is 9.53 Å². The van der Waals surface area contributed by atoms with Gasteiger partial charge in [0.15, 0.2) is 5.78 Å². The quantitative estimate of drug-likeness (QED) is 0.762. The monoisotopic (exact) mass is 268 g/mol. The van der Waals surface area contributed by atoms with Crippen molar-refractivity contribution in [2.24, 2.45) is 0 Å². The number of benzene rings is 2. The Labute approximate surface area is 120 Å². The van der Waals surface area contributed by atoms with E-state index in [4.69, 9.17) is 4.74 Å². The van der Waals surface area contributed by atoms with Crippen molar-refractivity contribution in [1.29, 1.82) is 0 Å². The minimum atomic E-state index is 0.133. The maximum absolute atomic E-state index is 12.4. The van der Waals surface area contributed by atoms with Gasteiger partial charge in [-0.2, -0.15) is 0 Å². The van der Waals surface area contributed by atoms with Crippen molar-refractivity contribution in [3.8, 4) is 5.75 Å². The number of aryl methyl sites for hydroxylation is 2. The minimum absolute atomic E-state index is 0.133. The van der Waals surface area contributed by atoms with E-state index < -0.39 is 0 Å². The zero-order valence-electron chi connectivity index (χ0n) is 12.3. The normalized spacial score (nSPS) is 10.3. The molecule has 0 atom stereocenters. The molecule has 0 aliphatic carbocycles. The number of carbonyl (C=O) groups excluding carboxylic acids is 1. The van der Waals surface area contributed by atoms with Crippen LogP contribution in [-0.4, -0.2) is 12.9 Å². The van der Waals surface area contributed by atoms with Crippen LogP contribution in [0.15, 0.2) is 42.5 Å². The van der Waals surface area contributed by atoms with Gasteiger partial charge in [-0.1, -0.05) is 36.4 Å². The summed E-state index contributed by atoms with van der Waals surface area (Å²) in [5, 5.41) is 0. The summed E-state index contributed by atoms with van der Waals surface area (Å²) in [7, 11) is 1.62. The summed E-state index contributed by atoms with van der Waals surface area (Å²) >= 11 is 0. The average Bonchev–Trinajstić information content (AvgIpc) is 2.48. The molecule has 0 saturated carbocycles. The molecule has 2 nitrogen and oxygen atoms in total. The molecule has 0 N–H and O–H groups in total. The molecule has 20 heavy (non-hydrogen) atoms. The van der Waals surface area contributed by atoms with Crippen LogP contribution in [0.4, 0.5) is 0 Å². The van der Waals surface area contributed by atoms with E-state index in [1.807, 2.05) is 56.3 Å².